The predicted octanol–water partition coefficient (Wildman–Crippen LogP) is 2.96. The fourth-order valence-corrected chi connectivity index (χ4v) is 2.70. The average molecular weight is 255 g/mol. The topological polar surface area (TPSA) is 40.5 Å². The van der Waals surface area contributed by atoms with Crippen molar-refractivity contribution in [2.24, 2.45) is 5.41 Å². The normalized spacial score (nSPS) is 23.6. The van der Waals surface area contributed by atoms with Crippen molar-refractivity contribution < 1.29 is 9.90 Å². The summed E-state index contributed by atoms with van der Waals surface area (Å²) < 4.78 is 0. The fourth-order valence-electron chi connectivity index (χ4n) is 2.70. The molecular weight excluding hydrogens is 226 g/mol. The van der Waals surface area contributed by atoms with Crippen LogP contribution in [0.3, 0.4) is 0 Å². The second-order valence-electron chi connectivity index (χ2n) is 6.91. The number of rotatable bonds is 3. The van der Waals surface area contributed by atoms with Crippen LogP contribution in [-0.4, -0.2) is 34.6 Å². The maximum absolute atomic E-state index is 12.4. The molecule has 0 aliphatic carbocycles. The van der Waals surface area contributed by atoms with Gasteiger partial charge in [0.15, 0.2) is 0 Å². The number of hydrogen-bond donors (Lipinski definition) is 1. The van der Waals surface area contributed by atoms with Crippen LogP contribution in [0.1, 0.15) is 66.2 Å². The zero-order chi connectivity index (χ0) is 13.8. The first-order chi connectivity index (χ1) is 8.29. The van der Waals surface area contributed by atoms with Crippen LogP contribution in [0.15, 0.2) is 0 Å². The Balaban J connectivity index is 2.69. The molecule has 3 heteroatoms. The molecule has 0 spiro atoms. The Hall–Kier alpha value is -0.570. The van der Waals surface area contributed by atoms with Crippen LogP contribution in [0.25, 0.3) is 0 Å². The molecule has 1 aliphatic rings. The highest BCUT2D eigenvalue weighted by atomic mass is 16.3. The van der Waals surface area contributed by atoms with Crippen molar-refractivity contribution >= 4 is 5.91 Å². The molecule has 1 aliphatic heterocycles. The molecule has 1 amide bonds. The maximum atomic E-state index is 12.4. The largest absolute Gasteiger partial charge is 0.393 e. The quantitative estimate of drug-likeness (QED) is 0.842. The first kappa shape index (κ1) is 15.5. The Bertz CT molecular complexity index is 268. The zero-order valence-electron chi connectivity index (χ0n) is 12.4. The van der Waals surface area contributed by atoms with E-state index in [1.54, 1.807) is 0 Å². The van der Waals surface area contributed by atoms with Gasteiger partial charge in [0, 0.05) is 19.0 Å². The predicted molar refractivity (Wildman–Crippen MR) is 74.3 cm³/mol. The van der Waals surface area contributed by atoms with Gasteiger partial charge >= 0.3 is 0 Å². The number of amides is 1. The molecule has 18 heavy (non-hydrogen) atoms. The van der Waals surface area contributed by atoms with E-state index in [0.29, 0.717) is 6.42 Å². The summed E-state index contributed by atoms with van der Waals surface area (Å²) in [4.78, 5) is 14.4. The molecule has 2 unspecified atom stereocenters. The van der Waals surface area contributed by atoms with E-state index in [4.69, 9.17) is 0 Å². The van der Waals surface area contributed by atoms with Crippen molar-refractivity contribution in [3.63, 3.8) is 0 Å². The van der Waals surface area contributed by atoms with Gasteiger partial charge in [-0.1, -0.05) is 33.6 Å². The summed E-state index contributed by atoms with van der Waals surface area (Å²) in [6.45, 7) is 8.99. The van der Waals surface area contributed by atoms with Crippen molar-refractivity contribution in [1.82, 2.24) is 4.90 Å². The Labute approximate surface area is 112 Å². The molecule has 3 nitrogen and oxygen atoms in total. The van der Waals surface area contributed by atoms with Crippen molar-refractivity contribution in [2.75, 3.05) is 6.54 Å². The van der Waals surface area contributed by atoms with Crippen LogP contribution in [0.5, 0.6) is 0 Å². The van der Waals surface area contributed by atoms with E-state index in [0.717, 1.165) is 25.8 Å². The monoisotopic (exact) mass is 255 g/mol. The van der Waals surface area contributed by atoms with Gasteiger partial charge in [-0.3, -0.25) is 4.79 Å². The van der Waals surface area contributed by atoms with E-state index in [1.807, 2.05) is 11.8 Å². The van der Waals surface area contributed by atoms with E-state index >= 15 is 0 Å². The molecular formula is C15H29NO2. The third-order valence-electron chi connectivity index (χ3n) is 3.49. The third-order valence-corrected chi connectivity index (χ3v) is 3.49. The summed E-state index contributed by atoms with van der Waals surface area (Å²) in [7, 11) is 0. The van der Waals surface area contributed by atoms with E-state index < -0.39 is 0 Å². The molecule has 106 valence electrons. The summed E-state index contributed by atoms with van der Waals surface area (Å²) in [5, 5.41) is 9.59. The zero-order valence-corrected chi connectivity index (χ0v) is 12.4. The van der Waals surface area contributed by atoms with Gasteiger partial charge in [0.2, 0.25) is 5.91 Å². The number of nitrogens with zero attached hydrogens (tertiary/aromatic N) is 1. The average Bonchev–Trinajstić information content (AvgIpc) is 2.39. The van der Waals surface area contributed by atoms with Gasteiger partial charge in [0.1, 0.15) is 0 Å². The van der Waals surface area contributed by atoms with Gasteiger partial charge in [-0.05, 0) is 31.6 Å². The summed E-state index contributed by atoms with van der Waals surface area (Å²) in [5.74, 6) is 0.259. The number of likely N-dealkylation sites (tertiary alicyclic amines) is 1. The summed E-state index contributed by atoms with van der Waals surface area (Å²) >= 11 is 0. The Kier molecular flexibility index (Phi) is 5.64. The van der Waals surface area contributed by atoms with E-state index in [1.165, 1.54) is 12.8 Å². The molecule has 1 heterocycles. The maximum Gasteiger partial charge on any atom is 0.223 e. The minimum Gasteiger partial charge on any atom is -0.393 e. The third kappa shape index (κ3) is 5.38. The molecule has 0 saturated carbocycles. The molecule has 1 fully saturated rings. The lowest BCUT2D eigenvalue weighted by atomic mass is 9.91. The fraction of sp³-hybridized carbons (Fsp3) is 0.933. The molecule has 1 saturated heterocycles. The molecule has 1 N–H and O–H groups in total. The van der Waals surface area contributed by atoms with Crippen molar-refractivity contribution in [1.29, 1.82) is 0 Å². The lowest BCUT2D eigenvalue weighted by Crippen LogP contribution is -2.42. The van der Waals surface area contributed by atoms with Crippen LogP contribution in [-0.2, 0) is 4.79 Å². The van der Waals surface area contributed by atoms with Crippen LogP contribution < -0.4 is 0 Å². The van der Waals surface area contributed by atoms with E-state index in [9.17, 15) is 9.90 Å². The van der Waals surface area contributed by atoms with Crippen LogP contribution in [0.2, 0.25) is 0 Å². The highest BCUT2D eigenvalue weighted by molar-refractivity contribution is 5.77. The molecule has 2 atom stereocenters. The molecule has 0 bridgehead atoms. The number of aliphatic hydroxyl groups is 1. The van der Waals surface area contributed by atoms with Crippen LogP contribution in [0.4, 0.5) is 0 Å². The lowest BCUT2D eigenvalue weighted by Gasteiger charge is -2.33. The summed E-state index contributed by atoms with van der Waals surface area (Å²) in [5.41, 5.74) is 0.0404. The van der Waals surface area contributed by atoms with Gasteiger partial charge in [-0.2, -0.15) is 0 Å². The van der Waals surface area contributed by atoms with Crippen molar-refractivity contribution in [3.05, 3.63) is 0 Å². The van der Waals surface area contributed by atoms with Gasteiger partial charge in [-0.25, -0.2) is 0 Å². The Morgan fingerprint density at radius 3 is 2.56 bits per heavy atom. The van der Waals surface area contributed by atoms with Gasteiger partial charge < -0.3 is 10.0 Å². The van der Waals surface area contributed by atoms with Crippen molar-refractivity contribution in [3.8, 4) is 0 Å². The van der Waals surface area contributed by atoms with Crippen LogP contribution in [0, 0.1) is 5.41 Å². The minimum atomic E-state index is -0.321. The second-order valence-corrected chi connectivity index (χ2v) is 6.91. The standard InChI is InChI=1S/C15H29NO2/c1-12(17)10-13-8-6-5-7-9-16(13)14(18)11-15(2,3)4/h12-13,17H,5-11H2,1-4H3. The molecule has 0 radical (unpaired) electrons. The summed E-state index contributed by atoms with van der Waals surface area (Å²) in [6, 6.07) is 0.238. The smallest absolute Gasteiger partial charge is 0.223 e. The summed E-state index contributed by atoms with van der Waals surface area (Å²) in [6.07, 6.45) is 5.52. The SMILES string of the molecule is CC(O)CC1CCCCCN1C(=O)CC(C)(C)C. The second kappa shape index (κ2) is 6.55. The Morgan fingerprint density at radius 1 is 1.33 bits per heavy atom. The molecule has 0 aromatic heterocycles. The highest BCUT2D eigenvalue weighted by Gasteiger charge is 2.28. The number of carbonyl (C=O) groups is 1. The van der Waals surface area contributed by atoms with Gasteiger partial charge in [-0.15, -0.1) is 0 Å². The Morgan fingerprint density at radius 2 is 2.00 bits per heavy atom. The number of hydrogen-bond acceptors (Lipinski definition) is 2. The molecule has 0 aromatic rings. The number of carbonyl (C=O) groups excluding carboxylic acids is 1. The van der Waals surface area contributed by atoms with Gasteiger partial charge in [0.25, 0.3) is 0 Å². The van der Waals surface area contributed by atoms with E-state index in [-0.39, 0.29) is 23.5 Å². The number of aliphatic hydroxyl groups excluding tert-OH is 1. The van der Waals surface area contributed by atoms with Gasteiger partial charge in [0.05, 0.1) is 6.10 Å². The molecule has 0 aromatic carbocycles. The first-order valence-corrected chi connectivity index (χ1v) is 7.27. The van der Waals surface area contributed by atoms with Crippen LogP contribution >= 0.6 is 0 Å². The highest BCUT2D eigenvalue weighted by Crippen LogP contribution is 2.25. The first-order valence-electron chi connectivity index (χ1n) is 7.27. The minimum absolute atomic E-state index is 0.0404. The molecule has 1 rings (SSSR count). The lowest BCUT2D eigenvalue weighted by molar-refractivity contribution is -0.135. The van der Waals surface area contributed by atoms with E-state index in [2.05, 4.69) is 20.8 Å². The van der Waals surface area contributed by atoms with Crippen molar-refractivity contribution in [2.45, 2.75) is 78.4 Å².